The van der Waals surface area contributed by atoms with Crippen molar-refractivity contribution in [1.29, 1.82) is 0 Å². The molecule has 0 saturated heterocycles. The summed E-state index contributed by atoms with van der Waals surface area (Å²) in [6, 6.07) is 4.07. The average Bonchev–Trinajstić information content (AvgIpc) is 2.30. The normalized spacial score (nSPS) is 10.9. The van der Waals surface area contributed by atoms with Crippen LogP contribution >= 0.6 is 0 Å². The van der Waals surface area contributed by atoms with Gasteiger partial charge in [-0.2, -0.15) is 0 Å². The Morgan fingerprint density at radius 2 is 1.83 bits per heavy atom. The van der Waals surface area contributed by atoms with Crippen molar-refractivity contribution < 1.29 is 9.22 Å². The van der Waals surface area contributed by atoms with E-state index < -0.39 is 0 Å². The Balaban J connectivity index is 0.00000137. The monoisotopic (exact) mass is 253 g/mol. The van der Waals surface area contributed by atoms with Crippen LogP contribution in [0, 0.1) is 0 Å². The molecule has 0 aliphatic heterocycles. The summed E-state index contributed by atoms with van der Waals surface area (Å²) in [5.74, 6) is 1.25. The van der Waals surface area contributed by atoms with E-state index in [2.05, 4.69) is 40.0 Å². The molecule has 0 aromatic carbocycles. The fraction of sp³-hybridized carbons (Fsp3) is 0.667. The molecule has 1 aromatic rings. The molecule has 1 heterocycles. The van der Waals surface area contributed by atoms with E-state index in [0.29, 0.717) is 12.5 Å². The third-order valence-corrected chi connectivity index (χ3v) is 2.44. The van der Waals surface area contributed by atoms with Gasteiger partial charge in [-0.1, -0.05) is 27.7 Å². The number of quaternary nitrogens is 1. The Morgan fingerprint density at radius 1 is 1.22 bits per heavy atom. The van der Waals surface area contributed by atoms with Crippen molar-refractivity contribution >= 4 is 0 Å². The zero-order valence-corrected chi connectivity index (χ0v) is 13.0. The summed E-state index contributed by atoms with van der Waals surface area (Å²) in [5.41, 5.74) is 1.27. The van der Waals surface area contributed by atoms with Crippen LogP contribution in [0.3, 0.4) is 0 Å². The van der Waals surface area contributed by atoms with Crippen LogP contribution < -0.4 is 4.74 Å². The van der Waals surface area contributed by atoms with Crippen LogP contribution in [0.5, 0.6) is 5.88 Å². The first-order valence-corrected chi connectivity index (χ1v) is 6.78. The van der Waals surface area contributed by atoms with Gasteiger partial charge in [0.1, 0.15) is 13.2 Å². The number of hydrogen-bond acceptors (Lipinski definition) is 2. The molecular weight excluding hydrogens is 224 g/mol. The zero-order chi connectivity index (χ0) is 14.2. The van der Waals surface area contributed by atoms with E-state index in [0.717, 1.165) is 16.9 Å². The molecule has 0 unspecified atom stereocenters. The Kier molecular flexibility index (Phi) is 7.60. The molecule has 0 fully saturated rings. The highest BCUT2D eigenvalue weighted by atomic mass is 16.5. The van der Waals surface area contributed by atoms with Gasteiger partial charge in [-0.25, -0.2) is 4.98 Å². The molecular formula is C15H29N2O+. The maximum Gasteiger partial charge on any atom is 0.213 e. The van der Waals surface area contributed by atoms with E-state index in [1.807, 2.05) is 32.2 Å². The number of ether oxygens (including phenoxy) is 1. The van der Waals surface area contributed by atoms with Gasteiger partial charge >= 0.3 is 0 Å². The molecule has 0 radical (unpaired) electrons. The first-order chi connectivity index (χ1) is 8.38. The van der Waals surface area contributed by atoms with Gasteiger partial charge in [0.05, 0.1) is 21.1 Å². The molecule has 0 spiro atoms. The molecule has 3 heteroatoms. The van der Waals surface area contributed by atoms with Crippen LogP contribution in [-0.4, -0.2) is 43.8 Å². The molecule has 0 aliphatic rings. The van der Waals surface area contributed by atoms with Crippen LogP contribution in [-0.2, 0) is 0 Å². The van der Waals surface area contributed by atoms with Crippen molar-refractivity contribution in [2.24, 2.45) is 0 Å². The average molecular weight is 253 g/mol. The lowest BCUT2D eigenvalue weighted by Gasteiger charge is -2.23. The predicted octanol–water partition coefficient (Wildman–Crippen LogP) is 3.32. The molecule has 104 valence electrons. The second kappa shape index (κ2) is 8.09. The van der Waals surface area contributed by atoms with Crippen LogP contribution in [0.15, 0.2) is 18.3 Å². The molecule has 0 N–H and O–H groups in total. The maximum absolute atomic E-state index is 5.65. The Bertz CT molecular complexity index is 330. The van der Waals surface area contributed by atoms with Crippen LogP contribution in [0.1, 0.15) is 39.2 Å². The smallest absolute Gasteiger partial charge is 0.213 e. The fourth-order valence-corrected chi connectivity index (χ4v) is 1.29. The summed E-state index contributed by atoms with van der Waals surface area (Å²) in [5, 5.41) is 0. The Morgan fingerprint density at radius 3 is 2.33 bits per heavy atom. The summed E-state index contributed by atoms with van der Waals surface area (Å²) >= 11 is 0. The van der Waals surface area contributed by atoms with Gasteiger partial charge in [0.2, 0.25) is 5.88 Å². The highest BCUT2D eigenvalue weighted by molar-refractivity contribution is 5.22. The van der Waals surface area contributed by atoms with E-state index in [4.69, 9.17) is 4.74 Å². The SMILES string of the molecule is CC.CC(C)c1ccnc(OCC[N+](C)(C)C)c1. The van der Waals surface area contributed by atoms with Crippen LogP contribution in [0.4, 0.5) is 0 Å². The van der Waals surface area contributed by atoms with E-state index in [1.54, 1.807) is 0 Å². The first kappa shape index (κ1) is 16.9. The van der Waals surface area contributed by atoms with Gasteiger partial charge in [0.15, 0.2) is 0 Å². The largest absolute Gasteiger partial charge is 0.472 e. The summed E-state index contributed by atoms with van der Waals surface area (Å²) in [6.45, 7) is 10.0. The Hall–Kier alpha value is -1.09. The van der Waals surface area contributed by atoms with Crippen molar-refractivity contribution in [3.05, 3.63) is 23.9 Å². The number of rotatable bonds is 5. The second-order valence-corrected chi connectivity index (χ2v) is 5.44. The number of likely N-dealkylation sites (N-methyl/N-ethyl adjacent to an activating group) is 1. The second-order valence-electron chi connectivity index (χ2n) is 5.44. The van der Waals surface area contributed by atoms with E-state index in [-0.39, 0.29) is 0 Å². The molecule has 3 nitrogen and oxygen atoms in total. The van der Waals surface area contributed by atoms with Gasteiger partial charge in [-0.05, 0) is 17.5 Å². The van der Waals surface area contributed by atoms with Crippen molar-refractivity contribution in [2.75, 3.05) is 34.3 Å². The third-order valence-electron chi connectivity index (χ3n) is 2.44. The lowest BCUT2D eigenvalue weighted by molar-refractivity contribution is -0.870. The number of pyridine rings is 1. The minimum Gasteiger partial charge on any atom is -0.472 e. The molecule has 0 atom stereocenters. The Labute approximate surface area is 112 Å². The fourth-order valence-electron chi connectivity index (χ4n) is 1.29. The topological polar surface area (TPSA) is 22.1 Å². The van der Waals surface area contributed by atoms with Gasteiger partial charge in [-0.15, -0.1) is 0 Å². The lowest BCUT2D eigenvalue weighted by Crippen LogP contribution is -2.38. The lowest BCUT2D eigenvalue weighted by atomic mass is 10.1. The maximum atomic E-state index is 5.65. The molecule has 1 aromatic heterocycles. The standard InChI is InChI=1S/C13H23N2O.C2H6/c1-11(2)12-6-7-14-13(10-12)16-9-8-15(3,4)5;1-2/h6-7,10-11H,8-9H2,1-5H3;1-2H3/q+1;. The van der Waals surface area contributed by atoms with Gasteiger partial charge in [0, 0.05) is 12.3 Å². The highest BCUT2D eigenvalue weighted by Gasteiger charge is 2.07. The quantitative estimate of drug-likeness (QED) is 0.751. The van der Waals surface area contributed by atoms with Crippen molar-refractivity contribution in [3.63, 3.8) is 0 Å². The molecule has 0 amide bonds. The summed E-state index contributed by atoms with van der Waals surface area (Å²) in [4.78, 5) is 4.21. The molecule has 0 saturated carbocycles. The summed E-state index contributed by atoms with van der Waals surface area (Å²) < 4.78 is 6.55. The highest BCUT2D eigenvalue weighted by Crippen LogP contribution is 2.17. The molecule has 1 rings (SSSR count). The van der Waals surface area contributed by atoms with Crippen LogP contribution in [0.2, 0.25) is 0 Å². The number of aromatic nitrogens is 1. The van der Waals surface area contributed by atoms with E-state index in [9.17, 15) is 0 Å². The molecule has 0 aliphatic carbocycles. The van der Waals surface area contributed by atoms with Gasteiger partial charge in [0.25, 0.3) is 0 Å². The molecule has 0 bridgehead atoms. The summed E-state index contributed by atoms with van der Waals surface area (Å²) in [7, 11) is 6.46. The van der Waals surface area contributed by atoms with Gasteiger partial charge < -0.3 is 9.22 Å². The van der Waals surface area contributed by atoms with E-state index in [1.165, 1.54) is 5.56 Å². The minimum atomic E-state index is 0.517. The van der Waals surface area contributed by atoms with Crippen molar-refractivity contribution in [1.82, 2.24) is 4.98 Å². The predicted molar refractivity (Wildman–Crippen MR) is 78.1 cm³/mol. The van der Waals surface area contributed by atoms with Crippen molar-refractivity contribution in [3.8, 4) is 5.88 Å². The number of hydrogen-bond donors (Lipinski definition) is 0. The zero-order valence-electron chi connectivity index (χ0n) is 13.0. The minimum absolute atomic E-state index is 0.517. The van der Waals surface area contributed by atoms with Gasteiger partial charge in [-0.3, -0.25) is 0 Å². The molecule has 18 heavy (non-hydrogen) atoms. The third kappa shape index (κ3) is 7.28. The van der Waals surface area contributed by atoms with Crippen molar-refractivity contribution in [2.45, 2.75) is 33.6 Å². The summed E-state index contributed by atoms with van der Waals surface area (Å²) in [6.07, 6.45) is 1.82. The van der Waals surface area contributed by atoms with E-state index >= 15 is 0 Å². The number of nitrogens with zero attached hydrogens (tertiary/aromatic N) is 2. The first-order valence-electron chi connectivity index (χ1n) is 6.78. The van der Waals surface area contributed by atoms with Crippen LogP contribution in [0.25, 0.3) is 0 Å².